The summed E-state index contributed by atoms with van der Waals surface area (Å²) in [5.41, 5.74) is 6.73. The van der Waals surface area contributed by atoms with E-state index in [1.807, 2.05) is 0 Å². The SMILES string of the molecule is NCC#Cc1ccc(Cl)c(CO)c1. The normalized spacial score (nSPS) is 9.15. The van der Waals surface area contributed by atoms with Gasteiger partial charge < -0.3 is 10.8 Å². The van der Waals surface area contributed by atoms with Crippen LogP contribution in [0.3, 0.4) is 0 Å². The van der Waals surface area contributed by atoms with Crippen molar-refractivity contribution in [1.29, 1.82) is 0 Å². The highest BCUT2D eigenvalue weighted by Crippen LogP contribution is 2.16. The molecule has 1 aromatic carbocycles. The van der Waals surface area contributed by atoms with Crippen LogP contribution >= 0.6 is 11.6 Å². The minimum absolute atomic E-state index is 0.0724. The summed E-state index contributed by atoms with van der Waals surface area (Å²) >= 11 is 5.80. The highest BCUT2D eigenvalue weighted by Gasteiger charge is 1.98. The van der Waals surface area contributed by atoms with E-state index in [-0.39, 0.29) is 6.61 Å². The van der Waals surface area contributed by atoms with Crippen LogP contribution in [-0.4, -0.2) is 11.7 Å². The topological polar surface area (TPSA) is 46.2 Å². The third kappa shape index (κ3) is 2.74. The smallest absolute Gasteiger partial charge is 0.0696 e. The Morgan fingerprint density at radius 1 is 1.46 bits per heavy atom. The molecule has 0 radical (unpaired) electrons. The maximum atomic E-state index is 8.91. The van der Waals surface area contributed by atoms with E-state index in [9.17, 15) is 0 Å². The first-order valence-electron chi connectivity index (χ1n) is 3.86. The molecule has 0 saturated carbocycles. The van der Waals surface area contributed by atoms with Gasteiger partial charge in [0, 0.05) is 10.6 Å². The van der Waals surface area contributed by atoms with Gasteiger partial charge in [-0.25, -0.2) is 0 Å². The number of nitrogens with two attached hydrogens (primary N) is 1. The van der Waals surface area contributed by atoms with E-state index in [1.165, 1.54) is 0 Å². The summed E-state index contributed by atoms with van der Waals surface area (Å²) in [7, 11) is 0. The van der Waals surface area contributed by atoms with Crippen molar-refractivity contribution in [2.75, 3.05) is 6.54 Å². The molecule has 3 heteroatoms. The first kappa shape index (κ1) is 10.1. The predicted octanol–water partition coefficient (Wildman–Crippen LogP) is 1.14. The largest absolute Gasteiger partial charge is 0.392 e. The molecule has 0 fully saturated rings. The molecule has 2 nitrogen and oxygen atoms in total. The van der Waals surface area contributed by atoms with Crippen LogP contribution in [0.2, 0.25) is 5.02 Å². The molecular formula is C10H10ClNO. The van der Waals surface area contributed by atoms with Gasteiger partial charge >= 0.3 is 0 Å². The molecule has 0 unspecified atom stereocenters. The van der Waals surface area contributed by atoms with E-state index in [0.717, 1.165) is 5.56 Å². The summed E-state index contributed by atoms with van der Waals surface area (Å²) in [6.45, 7) is 0.258. The molecule has 1 rings (SSSR count). The highest BCUT2D eigenvalue weighted by molar-refractivity contribution is 6.31. The summed E-state index contributed by atoms with van der Waals surface area (Å²) in [5, 5.41) is 9.47. The molecule has 0 aliphatic heterocycles. The molecule has 0 heterocycles. The van der Waals surface area contributed by atoms with Crippen LogP contribution in [0.5, 0.6) is 0 Å². The highest BCUT2D eigenvalue weighted by atomic mass is 35.5. The summed E-state index contributed by atoms with van der Waals surface area (Å²) < 4.78 is 0. The zero-order valence-corrected chi connectivity index (χ0v) is 7.80. The number of hydrogen-bond donors (Lipinski definition) is 2. The second-order valence-electron chi connectivity index (χ2n) is 2.47. The fourth-order valence-corrected chi connectivity index (χ4v) is 1.10. The Morgan fingerprint density at radius 2 is 2.23 bits per heavy atom. The third-order valence-corrected chi connectivity index (χ3v) is 1.92. The molecule has 0 saturated heterocycles. The Kier molecular flexibility index (Phi) is 3.78. The lowest BCUT2D eigenvalue weighted by molar-refractivity contribution is 0.282. The van der Waals surface area contributed by atoms with Gasteiger partial charge in [0.25, 0.3) is 0 Å². The molecule has 0 amide bonds. The van der Waals surface area contributed by atoms with Gasteiger partial charge in [-0.1, -0.05) is 23.4 Å². The lowest BCUT2D eigenvalue weighted by atomic mass is 10.1. The summed E-state index contributed by atoms with van der Waals surface area (Å²) in [6.07, 6.45) is 0. The average Bonchev–Trinajstić information content (AvgIpc) is 2.16. The van der Waals surface area contributed by atoms with E-state index in [1.54, 1.807) is 18.2 Å². The minimum atomic E-state index is -0.0724. The van der Waals surface area contributed by atoms with E-state index in [2.05, 4.69) is 11.8 Å². The first-order valence-corrected chi connectivity index (χ1v) is 4.24. The van der Waals surface area contributed by atoms with Gasteiger partial charge in [0.15, 0.2) is 0 Å². The van der Waals surface area contributed by atoms with Crippen LogP contribution < -0.4 is 5.73 Å². The van der Waals surface area contributed by atoms with Gasteiger partial charge in [0.05, 0.1) is 13.2 Å². The second kappa shape index (κ2) is 4.88. The molecule has 3 N–H and O–H groups in total. The summed E-state index contributed by atoms with van der Waals surface area (Å²) in [6, 6.07) is 5.27. The van der Waals surface area contributed by atoms with Gasteiger partial charge in [0.1, 0.15) is 0 Å². The Labute approximate surface area is 82.3 Å². The predicted molar refractivity (Wildman–Crippen MR) is 53.3 cm³/mol. The number of aliphatic hydroxyl groups is 1. The van der Waals surface area contributed by atoms with Gasteiger partial charge in [-0.15, -0.1) is 0 Å². The van der Waals surface area contributed by atoms with Crippen molar-refractivity contribution in [1.82, 2.24) is 0 Å². The molecule has 0 atom stereocenters. The lowest BCUT2D eigenvalue weighted by Crippen LogP contribution is -1.93. The van der Waals surface area contributed by atoms with Crippen molar-refractivity contribution in [2.24, 2.45) is 5.73 Å². The molecule has 0 aliphatic carbocycles. The van der Waals surface area contributed by atoms with E-state index >= 15 is 0 Å². The number of aliphatic hydroxyl groups excluding tert-OH is 1. The Hall–Kier alpha value is -1.01. The molecule has 0 spiro atoms. The molecule has 68 valence electrons. The van der Waals surface area contributed by atoms with Crippen LogP contribution in [0.25, 0.3) is 0 Å². The van der Waals surface area contributed by atoms with Crippen LogP contribution in [0, 0.1) is 11.8 Å². The molecule has 0 aliphatic rings. The van der Waals surface area contributed by atoms with Crippen molar-refractivity contribution in [2.45, 2.75) is 6.61 Å². The first-order chi connectivity index (χ1) is 6.27. The van der Waals surface area contributed by atoms with Gasteiger partial charge in [-0.3, -0.25) is 0 Å². The number of hydrogen-bond acceptors (Lipinski definition) is 2. The third-order valence-electron chi connectivity index (χ3n) is 1.55. The monoisotopic (exact) mass is 195 g/mol. The maximum absolute atomic E-state index is 8.91. The fraction of sp³-hybridized carbons (Fsp3) is 0.200. The average molecular weight is 196 g/mol. The Balaban J connectivity index is 2.99. The number of benzene rings is 1. The standard InChI is InChI=1S/C10H10ClNO/c11-10-4-3-8(2-1-5-12)6-9(10)7-13/h3-4,6,13H,5,7,12H2. The molecule has 0 bridgehead atoms. The summed E-state index contributed by atoms with van der Waals surface area (Å²) in [4.78, 5) is 0. The van der Waals surface area contributed by atoms with Crippen molar-refractivity contribution in [3.8, 4) is 11.8 Å². The maximum Gasteiger partial charge on any atom is 0.0696 e. The van der Waals surface area contributed by atoms with Gasteiger partial charge in [-0.2, -0.15) is 0 Å². The lowest BCUT2D eigenvalue weighted by Gasteiger charge is -1.99. The van der Waals surface area contributed by atoms with Gasteiger partial charge in [0.2, 0.25) is 0 Å². The molecule has 1 aromatic rings. The van der Waals surface area contributed by atoms with Crippen molar-refractivity contribution in [3.05, 3.63) is 34.3 Å². The van der Waals surface area contributed by atoms with Crippen molar-refractivity contribution < 1.29 is 5.11 Å². The van der Waals surface area contributed by atoms with Crippen LogP contribution in [0.4, 0.5) is 0 Å². The van der Waals surface area contributed by atoms with Crippen molar-refractivity contribution >= 4 is 11.6 Å². The fourth-order valence-electron chi connectivity index (χ4n) is 0.927. The minimum Gasteiger partial charge on any atom is -0.392 e. The zero-order valence-electron chi connectivity index (χ0n) is 7.05. The zero-order chi connectivity index (χ0) is 9.68. The number of rotatable bonds is 1. The molecular weight excluding hydrogens is 186 g/mol. The quantitative estimate of drug-likeness (QED) is 0.661. The van der Waals surface area contributed by atoms with Gasteiger partial charge in [-0.05, 0) is 23.8 Å². The van der Waals surface area contributed by atoms with Crippen LogP contribution in [0.1, 0.15) is 11.1 Å². The Bertz CT molecular complexity index is 352. The van der Waals surface area contributed by atoms with Crippen LogP contribution in [-0.2, 0) is 6.61 Å². The number of halogens is 1. The Morgan fingerprint density at radius 3 is 2.85 bits per heavy atom. The van der Waals surface area contributed by atoms with E-state index < -0.39 is 0 Å². The molecule has 13 heavy (non-hydrogen) atoms. The van der Waals surface area contributed by atoms with Crippen LogP contribution in [0.15, 0.2) is 18.2 Å². The van der Waals surface area contributed by atoms with Crippen molar-refractivity contribution in [3.63, 3.8) is 0 Å². The molecule has 0 aromatic heterocycles. The van der Waals surface area contributed by atoms with E-state index in [0.29, 0.717) is 17.1 Å². The second-order valence-corrected chi connectivity index (χ2v) is 2.88. The summed E-state index contributed by atoms with van der Waals surface area (Å²) in [5.74, 6) is 5.59. The van der Waals surface area contributed by atoms with E-state index in [4.69, 9.17) is 22.4 Å².